The quantitative estimate of drug-likeness (QED) is 0.367. The average molecular weight is 549 g/mol. The number of carbonyl (C=O) groups excluding carboxylic acids is 3. The summed E-state index contributed by atoms with van der Waals surface area (Å²) in [7, 11) is 1.50. The summed E-state index contributed by atoms with van der Waals surface area (Å²) >= 11 is 0.884. The zero-order valence-electron chi connectivity index (χ0n) is 21.5. The standard InChI is InChI=1S/C29H28N2O7S/c1-35-25-17-20(9-10-24(25)38-19-27(32)30-11-14-36-15-12-30)18-26-28(33)31(29(34)39-26)13-16-37-23-8-4-6-21-5-2-3-7-22(21)23/h2-10,17-18H,11-16,19H2,1H3/b26-18-. The first-order valence-electron chi connectivity index (χ1n) is 12.6. The second kappa shape index (κ2) is 12.2. The minimum Gasteiger partial charge on any atom is -0.493 e. The molecular weight excluding hydrogens is 520 g/mol. The number of thioether (sulfide) groups is 1. The van der Waals surface area contributed by atoms with E-state index in [1.807, 2.05) is 42.5 Å². The van der Waals surface area contributed by atoms with E-state index in [1.54, 1.807) is 29.2 Å². The lowest BCUT2D eigenvalue weighted by Gasteiger charge is -2.26. The maximum absolute atomic E-state index is 13.0. The number of hydrogen-bond acceptors (Lipinski definition) is 8. The average Bonchev–Trinajstić information content (AvgIpc) is 3.24. The molecule has 2 aliphatic rings. The third kappa shape index (κ3) is 6.18. The highest BCUT2D eigenvalue weighted by molar-refractivity contribution is 8.18. The molecule has 9 nitrogen and oxygen atoms in total. The van der Waals surface area contributed by atoms with Crippen molar-refractivity contribution in [2.75, 3.05) is 53.2 Å². The van der Waals surface area contributed by atoms with Crippen LogP contribution < -0.4 is 14.2 Å². The van der Waals surface area contributed by atoms with Gasteiger partial charge in [-0.25, -0.2) is 0 Å². The van der Waals surface area contributed by atoms with Crippen molar-refractivity contribution in [2.45, 2.75) is 0 Å². The molecule has 5 rings (SSSR count). The summed E-state index contributed by atoms with van der Waals surface area (Å²) in [5.41, 5.74) is 0.663. The number of methoxy groups -OCH3 is 1. The molecule has 0 atom stereocenters. The van der Waals surface area contributed by atoms with Crippen LogP contribution in [0.25, 0.3) is 16.8 Å². The van der Waals surface area contributed by atoms with Gasteiger partial charge < -0.3 is 23.8 Å². The highest BCUT2D eigenvalue weighted by atomic mass is 32.2. The fraction of sp³-hybridized carbons (Fsp3) is 0.276. The summed E-state index contributed by atoms with van der Waals surface area (Å²) in [4.78, 5) is 41.1. The van der Waals surface area contributed by atoms with Crippen LogP contribution in [0.15, 0.2) is 65.6 Å². The molecule has 0 N–H and O–H groups in total. The minimum atomic E-state index is -0.373. The Hall–Kier alpha value is -4.02. The fourth-order valence-corrected chi connectivity index (χ4v) is 5.21. The Balaban J connectivity index is 1.20. The van der Waals surface area contributed by atoms with Gasteiger partial charge in [0, 0.05) is 18.5 Å². The molecule has 10 heteroatoms. The van der Waals surface area contributed by atoms with Crippen molar-refractivity contribution in [3.8, 4) is 17.2 Å². The Morgan fingerprint density at radius 2 is 1.77 bits per heavy atom. The lowest BCUT2D eigenvalue weighted by atomic mass is 10.1. The van der Waals surface area contributed by atoms with Gasteiger partial charge in [0.1, 0.15) is 12.4 Å². The van der Waals surface area contributed by atoms with Crippen molar-refractivity contribution in [1.29, 1.82) is 0 Å². The highest BCUT2D eigenvalue weighted by Crippen LogP contribution is 2.34. The van der Waals surface area contributed by atoms with Crippen molar-refractivity contribution in [1.82, 2.24) is 9.80 Å². The largest absolute Gasteiger partial charge is 0.493 e. The second-order valence-corrected chi connectivity index (χ2v) is 9.84. The Morgan fingerprint density at radius 3 is 2.59 bits per heavy atom. The van der Waals surface area contributed by atoms with Gasteiger partial charge in [-0.05, 0) is 47.0 Å². The number of rotatable bonds is 9. The molecule has 2 aliphatic heterocycles. The molecular formula is C29H28N2O7S. The molecule has 3 amide bonds. The van der Waals surface area contributed by atoms with Crippen LogP contribution in [0.4, 0.5) is 4.79 Å². The Kier molecular flexibility index (Phi) is 8.33. The van der Waals surface area contributed by atoms with Crippen molar-refractivity contribution >= 4 is 45.7 Å². The molecule has 2 heterocycles. The van der Waals surface area contributed by atoms with Crippen LogP contribution in [-0.4, -0.2) is 80.0 Å². The lowest BCUT2D eigenvalue weighted by Crippen LogP contribution is -2.43. The van der Waals surface area contributed by atoms with Gasteiger partial charge in [0.2, 0.25) is 0 Å². The van der Waals surface area contributed by atoms with Crippen molar-refractivity contribution in [2.24, 2.45) is 0 Å². The predicted octanol–water partition coefficient (Wildman–Crippen LogP) is 4.20. The molecule has 0 saturated carbocycles. The zero-order chi connectivity index (χ0) is 27.2. The van der Waals surface area contributed by atoms with Crippen LogP contribution in [0.2, 0.25) is 0 Å². The van der Waals surface area contributed by atoms with E-state index in [9.17, 15) is 14.4 Å². The monoisotopic (exact) mass is 548 g/mol. The van der Waals surface area contributed by atoms with E-state index in [0.717, 1.165) is 22.5 Å². The molecule has 2 fully saturated rings. The van der Waals surface area contributed by atoms with Crippen molar-refractivity contribution < 1.29 is 33.3 Å². The van der Waals surface area contributed by atoms with Gasteiger partial charge in [0.25, 0.3) is 17.1 Å². The summed E-state index contributed by atoms with van der Waals surface area (Å²) in [5, 5.41) is 1.68. The first kappa shape index (κ1) is 26.6. The maximum atomic E-state index is 13.0. The van der Waals surface area contributed by atoms with Gasteiger partial charge in [0.05, 0.1) is 31.8 Å². The molecule has 2 saturated heterocycles. The smallest absolute Gasteiger partial charge is 0.293 e. The van der Waals surface area contributed by atoms with E-state index >= 15 is 0 Å². The van der Waals surface area contributed by atoms with Gasteiger partial charge in [0.15, 0.2) is 18.1 Å². The topological polar surface area (TPSA) is 94.6 Å². The van der Waals surface area contributed by atoms with E-state index in [0.29, 0.717) is 54.0 Å². The van der Waals surface area contributed by atoms with Crippen LogP contribution in [0.1, 0.15) is 5.56 Å². The molecule has 0 radical (unpaired) electrons. The molecule has 0 aromatic heterocycles. The molecule has 0 bridgehead atoms. The van der Waals surface area contributed by atoms with Crippen molar-refractivity contribution in [3.05, 3.63) is 71.1 Å². The SMILES string of the molecule is COc1cc(/C=C2\SC(=O)N(CCOc3cccc4ccccc34)C2=O)ccc1OCC(=O)N1CCOCC1. The van der Waals surface area contributed by atoms with Crippen LogP contribution in [0.3, 0.4) is 0 Å². The Labute approximate surface area is 230 Å². The zero-order valence-corrected chi connectivity index (χ0v) is 22.3. The first-order chi connectivity index (χ1) is 19.0. The van der Waals surface area contributed by atoms with E-state index in [2.05, 4.69) is 0 Å². The number of benzene rings is 3. The van der Waals surface area contributed by atoms with Crippen LogP contribution in [0.5, 0.6) is 17.2 Å². The Bertz CT molecular complexity index is 1410. The fourth-order valence-electron chi connectivity index (χ4n) is 4.35. The Morgan fingerprint density at radius 1 is 0.974 bits per heavy atom. The summed E-state index contributed by atoms with van der Waals surface area (Å²) in [5.74, 6) is 1.04. The summed E-state index contributed by atoms with van der Waals surface area (Å²) in [6.45, 7) is 2.33. The lowest BCUT2D eigenvalue weighted by molar-refractivity contribution is -0.137. The van der Waals surface area contributed by atoms with E-state index in [1.165, 1.54) is 12.0 Å². The van der Waals surface area contributed by atoms with Gasteiger partial charge >= 0.3 is 0 Å². The molecule has 202 valence electrons. The van der Waals surface area contributed by atoms with Gasteiger partial charge in [-0.15, -0.1) is 0 Å². The molecule has 39 heavy (non-hydrogen) atoms. The van der Waals surface area contributed by atoms with E-state index in [-0.39, 0.29) is 36.8 Å². The molecule has 0 unspecified atom stereocenters. The number of ether oxygens (including phenoxy) is 4. The number of carbonyl (C=O) groups is 3. The predicted molar refractivity (Wildman–Crippen MR) is 148 cm³/mol. The normalized spacial score (nSPS) is 16.7. The van der Waals surface area contributed by atoms with Crippen LogP contribution in [0, 0.1) is 0 Å². The van der Waals surface area contributed by atoms with Crippen LogP contribution >= 0.6 is 11.8 Å². The third-order valence-electron chi connectivity index (χ3n) is 6.40. The summed E-state index contributed by atoms with van der Waals surface area (Å²) in [6, 6.07) is 18.8. The van der Waals surface area contributed by atoms with Crippen LogP contribution in [-0.2, 0) is 14.3 Å². The number of amides is 3. The minimum absolute atomic E-state index is 0.116. The number of nitrogens with zero attached hydrogens (tertiary/aromatic N) is 2. The molecule has 0 aliphatic carbocycles. The highest BCUT2D eigenvalue weighted by Gasteiger charge is 2.35. The van der Waals surface area contributed by atoms with Gasteiger partial charge in [-0.1, -0.05) is 42.5 Å². The molecule has 3 aromatic carbocycles. The van der Waals surface area contributed by atoms with Gasteiger partial charge in [-0.3, -0.25) is 19.3 Å². The first-order valence-corrected chi connectivity index (χ1v) is 13.4. The molecule has 3 aromatic rings. The van der Waals surface area contributed by atoms with Gasteiger partial charge in [-0.2, -0.15) is 0 Å². The maximum Gasteiger partial charge on any atom is 0.293 e. The third-order valence-corrected chi connectivity index (χ3v) is 7.30. The number of hydrogen-bond donors (Lipinski definition) is 0. The van der Waals surface area contributed by atoms with E-state index < -0.39 is 0 Å². The van der Waals surface area contributed by atoms with Crippen molar-refractivity contribution in [3.63, 3.8) is 0 Å². The summed E-state index contributed by atoms with van der Waals surface area (Å²) in [6.07, 6.45) is 1.64. The molecule has 0 spiro atoms. The second-order valence-electron chi connectivity index (χ2n) is 8.85. The number of fused-ring (bicyclic) bond motifs is 1. The number of morpholine rings is 1. The number of imide groups is 1. The summed E-state index contributed by atoms with van der Waals surface area (Å²) < 4.78 is 22.3. The van der Waals surface area contributed by atoms with E-state index in [4.69, 9.17) is 18.9 Å².